The van der Waals surface area contributed by atoms with Crippen molar-refractivity contribution in [1.29, 1.82) is 0 Å². The van der Waals surface area contributed by atoms with Gasteiger partial charge in [0.05, 0.1) is 33.0 Å². The highest BCUT2D eigenvalue weighted by molar-refractivity contribution is 5.95. The van der Waals surface area contributed by atoms with Gasteiger partial charge in [0.15, 0.2) is 0 Å². The number of ether oxygens (including phenoxy) is 2. The molecule has 0 saturated carbocycles. The largest absolute Gasteiger partial charge is 0.399 e. The fourth-order valence-corrected chi connectivity index (χ4v) is 2.92. The van der Waals surface area contributed by atoms with Gasteiger partial charge in [0.1, 0.15) is 6.29 Å². The average Bonchev–Trinajstić information content (AvgIpc) is 2.77. The first-order valence-corrected chi connectivity index (χ1v) is 10.5. The van der Waals surface area contributed by atoms with Crippen LogP contribution in [0.5, 0.6) is 0 Å². The molecule has 0 radical (unpaired) electrons. The van der Waals surface area contributed by atoms with Gasteiger partial charge in [-0.3, -0.25) is 9.59 Å². The summed E-state index contributed by atoms with van der Waals surface area (Å²) in [5.41, 5.74) is 11.4. The number of nitrogens with one attached hydrogen (secondary N) is 2. The summed E-state index contributed by atoms with van der Waals surface area (Å²) in [6.07, 6.45) is 1.30. The first kappa shape index (κ1) is 25.0. The summed E-state index contributed by atoms with van der Waals surface area (Å²) in [5.74, 6) is -0.574. The van der Waals surface area contributed by atoms with E-state index in [9.17, 15) is 14.4 Å². The number of nitrogen functional groups attached to an aromatic ring is 1. The molecule has 2 rings (SSSR count). The molecule has 8 nitrogen and oxygen atoms in total. The van der Waals surface area contributed by atoms with Gasteiger partial charge in [-0.15, -0.1) is 0 Å². The molecule has 0 fully saturated rings. The second-order valence-corrected chi connectivity index (χ2v) is 7.36. The van der Waals surface area contributed by atoms with Gasteiger partial charge < -0.3 is 30.6 Å². The van der Waals surface area contributed by atoms with Gasteiger partial charge in [0, 0.05) is 24.2 Å². The van der Waals surface area contributed by atoms with E-state index in [2.05, 4.69) is 10.6 Å². The monoisotopic (exact) mass is 441 g/mol. The normalized spacial score (nSPS) is 10.6. The standard InChI is InChI=1S/C24H31N3O5/c1-17-14-19(4-6-21(17)25)20-5-7-22(18(2)15-20)27-24(30)16-26-23(29)8-11-32-13-12-31-10-3-9-28/h4-7,9,14-15H,3,8,10-13,16,25H2,1-2H3,(H,26,29)(H,27,30). The van der Waals surface area contributed by atoms with Gasteiger partial charge in [-0.1, -0.05) is 12.1 Å². The Kier molecular flexibility index (Phi) is 10.4. The number of carbonyl (C=O) groups excluding carboxylic acids is 3. The molecule has 0 aromatic heterocycles. The van der Waals surface area contributed by atoms with Crippen LogP contribution in [0.2, 0.25) is 0 Å². The number of hydrogen-bond acceptors (Lipinski definition) is 6. The molecule has 0 bridgehead atoms. The molecule has 0 saturated heterocycles. The molecule has 0 unspecified atom stereocenters. The van der Waals surface area contributed by atoms with Crippen molar-refractivity contribution in [3.05, 3.63) is 47.5 Å². The maximum atomic E-state index is 12.2. The third kappa shape index (κ3) is 8.49. The SMILES string of the molecule is Cc1cc(-c2ccc(NC(=O)CNC(=O)CCOCCOCCC=O)c(C)c2)ccc1N. The Bertz CT molecular complexity index is 930. The minimum absolute atomic E-state index is 0.119. The third-order valence-electron chi connectivity index (χ3n) is 4.78. The molecule has 32 heavy (non-hydrogen) atoms. The lowest BCUT2D eigenvalue weighted by Crippen LogP contribution is -2.33. The van der Waals surface area contributed by atoms with Crippen LogP contribution < -0.4 is 16.4 Å². The van der Waals surface area contributed by atoms with E-state index in [4.69, 9.17) is 15.2 Å². The van der Waals surface area contributed by atoms with Crippen molar-refractivity contribution in [2.45, 2.75) is 26.7 Å². The van der Waals surface area contributed by atoms with Crippen molar-refractivity contribution in [3.8, 4) is 11.1 Å². The zero-order valence-corrected chi connectivity index (χ0v) is 18.6. The molecule has 2 amide bonds. The predicted molar refractivity (Wildman–Crippen MR) is 124 cm³/mol. The summed E-state index contributed by atoms with van der Waals surface area (Å²) in [6.45, 7) is 5.08. The Morgan fingerprint density at radius 3 is 2.22 bits per heavy atom. The lowest BCUT2D eigenvalue weighted by Gasteiger charge is -2.12. The van der Waals surface area contributed by atoms with E-state index in [0.717, 1.165) is 34.2 Å². The molecule has 2 aromatic rings. The first-order chi connectivity index (χ1) is 15.4. The number of hydrogen-bond donors (Lipinski definition) is 3. The maximum Gasteiger partial charge on any atom is 0.243 e. The van der Waals surface area contributed by atoms with Gasteiger partial charge in [0.25, 0.3) is 0 Å². The minimum atomic E-state index is -0.304. The van der Waals surface area contributed by atoms with Crippen LogP contribution in [0.25, 0.3) is 11.1 Å². The van der Waals surface area contributed by atoms with Crippen molar-refractivity contribution in [1.82, 2.24) is 5.32 Å². The average molecular weight is 442 g/mol. The van der Waals surface area contributed by atoms with E-state index >= 15 is 0 Å². The van der Waals surface area contributed by atoms with E-state index in [1.54, 1.807) is 0 Å². The molecule has 0 aliphatic heterocycles. The Morgan fingerprint density at radius 1 is 0.906 bits per heavy atom. The lowest BCUT2D eigenvalue weighted by atomic mass is 10.00. The maximum absolute atomic E-state index is 12.2. The van der Waals surface area contributed by atoms with Gasteiger partial charge >= 0.3 is 0 Å². The van der Waals surface area contributed by atoms with Crippen molar-refractivity contribution in [3.63, 3.8) is 0 Å². The molecule has 0 heterocycles. The minimum Gasteiger partial charge on any atom is -0.399 e. The molecule has 0 aliphatic carbocycles. The second kappa shape index (κ2) is 13.2. The molecule has 0 aliphatic rings. The number of amides is 2. The smallest absolute Gasteiger partial charge is 0.243 e. The Hall–Kier alpha value is -3.23. The van der Waals surface area contributed by atoms with Crippen LogP contribution in [0.3, 0.4) is 0 Å². The number of anilines is 2. The highest BCUT2D eigenvalue weighted by Gasteiger charge is 2.09. The first-order valence-electron chi connectivity index (χ1n) is 10.5. The Morgan fingerprint density at radius 2 is 1.56 bits per heavy atom. The molecule has 172 valence electrons. The number of aryl methyl sites for hydroxylation is 2. The van der Waals surface area contributed by atoms with Gasteiger partial charge in [-0.2, -0.15) is 0 Å². The molecular weight excluding hydrogens is 410 g/mol. The van der Waals surface area contributed by atoms with Crippen molar-refractivity contribution in [2.24, 2.45) is 0 Å². The van der Waals surface area contributed by atoms with Gasteiger partial charge in [-0.25, -0.2) is 0 Å². The number of aldehydes is 1. The summed E-state index contributed by atoms with van der Waals surface area (Å²) < 4.78 is 10.4. The topological polar surface area (TPSA) is 120 Å². The van der Waals surface area contributed by atoms with Crippen LogP contribution in [0.1, 0.15) is 24.0 Å². The highest BCUT2D eigenvalue weighted by atomic mass is 16.5. The Labute approximate surface area is 188 Å². The molecular formula is C24H31N3O5. The van der Waals surface area contributed by atoms with Gasteiger partial charge in [-0.05, 0) is 60.4 Å². The number of carbonyl (C=O) groups is 3. The summed E-state index contributed by atoms with van der Waals surface area (Å²) in [5, 5.41) is 5.40. The molecule has 0 atom stereocenters. The van der Waals surface area contributed by atoms with E-state index in [1.165, 1.54) is 0 Å². The van der Waals surface area contributed by atoms with Crippen LogP contribution in [0.4, 0.5) is 11.4 Å². The summed E-state index contributed by atoms with van der Waals surface area (Å²) in [7, 11) is 0. The zero-order chi connectivity index (χ0) is 23.3. The quantitative estimate of drug-likeness (QED) is 0.250. The number of benzene rings is 2. The summed E-state index contributed by atoms with van der Waals surface area (Å²) in [4.78, 5) is 34.2. The summed E-state index contributed by atoms with van der Waals surface area (Å²) >= 11 is 0. The van der Waals surface area contributed by atoms with Crippen molar-refractivity contribution >= 4 is 29.5 Å². The molecule has 2 aromatic carbocycles. The van der Waals surface area contributed by atoms with Crippen LogP contribution in [-0.4, -0.2) is 51.1 Å². The van der Waals surface area contributed by atoms with E-state index in [-0.39, 0.29) is 31.4 Å². The second-order valence-electron chi connectivity index (χ2n) is 7.36. The number of nitrogens with two attached hydrogens (primary N) is 1. The third-order valence-corrected chi connectivity index (χ3v) is 4.78. The van der Waals surface area contributed by atoms with E-state index < -0.39 is 0 Å². The number of rotatable bonds is 13. The van der Waals surface area contributed by atoms with E-state index in [1.807, 2.05) is 50.2 Å². The van der Waals surface area contributed by atoms with Crippen LogP contribution in [-0.2, 0) is 23.9 Å². The van der Waals surface area contributed by atoms with Crippen LogP contribution in [0, 0.1) is 13.8 Å². The molecule has 4 N–H and O–H groups in total. The highest BCUT2D eigenvalue weighted by Crippen LogP contribution is 2.27. The lowest BCUT2D eigenvalue weighted by molar-refractivity contribution is -0.125. The zero-order valence-electron chi connectivity index (χ0n) is 18.6. The fraction of sp³-hybridized carbons (Fsp3) is 0.375. The van der Waals surface area contributed by atoms with Gasteiger partial charge in [0.2, 0.25) is 11.8 Å². The van der Waals surface area contributed by atoms with E-state index in [0.29, 0.717) is 31.9 Å². The molecule has 8 heteroatoms. The summed E-state index contributed by atoms with van der Waals surface area (Å²) in [6, 6.07) is 11.7. The van der Waals surface area contributed by atoms with Crippen molar-refractivity contribution < 1.29 is 23.9 Å². The Balaban J connectivity index is 1.72. The van der Waals surface area contributed by atoms with Crippen LogP contribution >= 0.6 is 0 Å². The van der Waals surface area contributed by atoms with Crippen molar-refractivity contribution in [2.75, 3.05) is 44.0 Å². The van der Waals surface area contributed by atoms with Crippen LogP contribution in [0.15, 0.2) is 36.4 Å². The fourth-order valence-electron chi connectivity index (χ4n) is 2.92. The predicted octanol–water partition coefficient (Wildman–Crippen LogP) is 2.62. The molecule has 0 spiro atoms.